The molecule has 3 aromatic rings. The van der Waals surface area contributed by atoms with Crippen LogP contribution in [0.2, 0.25) is 0 Å². The third-order valence-electron chi connectivity index (χ3n) is 4.42. The standard InChI is InChI=1S/C22H20N2O3S3/c1-2-27-20(26)18-17(14-6-4-3-5-7-14)23-22(30-18)24-19(25)15-8-10-16(11-9-15)21-28-12-13-29-21/h3-11,21H,2,12-13H2,1H3,(H,23,24,25). The number of hydrogen-bond acceptors (Lipinski definition) is 7. The molecule has 2 heterocycles. The van der Waals surface area contributed by atoms with Crippen molar-refractivity contribution in [2.24, 2.45) is 0 Å². The van der Waals surface area contributed by atoms with Gasteiger partial charge in [-0.25, -0.2) is 9.78 Å². The Morgan fingerprint density at radius 3 is 2.43 bits per heavy atom. The summed E-state index contributed by atoms with van der Waals surface area (Å²) in [5.41, 5.74) is 3.10. The van der Waals surface area contributed by atoms with Crippen LogP contribution in [-0.4, -0.2) is 35.0 Å². The fourth-order valence-electron chi connectivity index (χ4n) is 3.01. The van der Waals surface area contributed by atoms with Gasteiger partial charge >= 0.3 is 5.97 Å². The molecule has 1 aliphatic heterocycles. The molecule has 0 unspecified atom stereocenters. The van der Waals surface area contributed by atoms with Gasteiger partial charge in [0, 0.05) is 22.6 Å². The number of nitrogens with one attached hydrogen (secondary N) is 1. The minimum Gasteiger partial charge on any atom is -0.462 e. The molecular weight excluding hydrogens is 436 g/mol. The summed E-state index contributed by atoms with van der Waals surface area (Å²) in [5.74, 6) is 1.63. The van der Waals surface area contributed by atoms with Crippen LogP contribution < -0.4 is 5.32 Å². The zero-order valence-electron chi connectivity index (χ0n) is 16.3. The van der Waals surface area contributed by atoms with Crippen molar-refractivity contribution in [1.29, 1.82) is 0 Å². The largest absolute Gasteiger partial charge is 0.462 e. The number of amides is 1. The third-order valence-corrected chi connectivity index (χ3v) is 8.48. The number of benzene rings is 2. The van der Waals surface area contributed by atoms with Crippen LogP contribution >= 0.6 is 34.9 Å². The van der Waals surface area contributed by atoms with E-state index >= 15 is 0 Å². The van der Waals surface area contributed by atoms with Crippen LogP contribution in [-0.2, 0) is 4.74 Å². The van der Waals surface area contributed by atoms with E-state index in [0.29, 0.717) is 25.8 Å². The molecule has 8 heteroatoms. The van der Waals surface area contributed by atoms with Crippen LogP contribution in [0, 0.1) is 0 Å². The number of thiazole rings is 1. The maximum Gasteiger partial charge on any atom is 0.350 e. The third kappa shape index (κ3) is 4.71. The summed E-state index contributed by atoms with van der Waals surface area (Å²) in [6.07, 6.45) is 0. The Balaban J connectivity index is 1.55. The fourth-order valence-corrected chi connectivity index (χ4v) is 6.75. The molecule has 0 aliphatic carbocycles. The Morgan fingerprint density at radius 1 is 1.07 bits per heavy atom. The fraction of sp³-hybridized carbons (Fsp3) is 0.227. The van der Waals surface area contributed by atoms with Crippen LogP contribution in [0.1, 0.15) is 37.1 Å². The average Bonchev–Trinajstić information content (AvgIpc) is 3.45. The summed E-state index contributed by atoms with van der Waals surface area (Å²) < 4.78 is 5.62. The summed E-state index contributed by atoms with van der Waals surface area (Å²) in [6.45, 7) is 2.03. The normalized spacial score (nSPS) is 13.9. The van der Waals surface area contributed by atoms with Gasteiger partial charge in [0.1, 0.15) is 4.88 Å². The van der Waals surface area contributed by atoms with Crippen molar-refractivity contribution in [1.82, 2.24) is 4.98 Å². The molecule has 1 N–H and O–H groups in total. The number of nitrogens with zero attached hydrogens (tertiary/aromatic N) is 1. The van der Waals surface area contributed by atoms with E-state index in [4.69, 9.17) is 4.74 Å². The van der Waals surface area contributed by atoms with E-state index in [1.807, 2.05) is 78.1 Å². The number of esters is 1. The van der Waals surface area contributed by atoms with Gasteiger partial charge in [-0.15, -0.1) is 23.5 Å². The highest BCUT2D eigenvalue weighted by Gasteiger charge is 2.22. The van der Waals surface area contributed by atoms with Gasteiger partial charge < -0.3 is 4.74 Å². The second-order valence-corrected chi connectivity index (χ2v) is 10.2. The maximum absolute atomic E-state index is 12.7. The molecule has 0 spiro atoms. The van der Waals surface area contributed by atoms with Gasteiger partial charge in [0.25, 0.3) is 5.91 Å². The van der Waals surface area contributed by atoms with E-state index in [1.54, 1.807) is 6.92 Å². The summed E-state index contributed by atoms with van der Waals surface area (Å²) in [7, 11) is 0. The van der Waals surface area contributed by atoms with Gasteiger partial charge in [-0.2, -0.15) is 0 Å². The molecular formula is C22H20N2O3S3. The molecule has 1 aliphatic rings. The lowest BCUT2D eigenvalue weighted by Gasteiger charge is -2.09. The van der Waals surface area contributed by atoms with Gasteiger partial charge in [0.2, 0.25) is 0 Å². The molecule has 1 saturated heterocycles. The quantitative estimate of drug-likeness (QED) is 0.479. The first-order chi connectivity index (χ1) is 14.7. The van der Waals surface area contributed by atoms with Crippen LogP contribution in [0.15, 0.2) is 54.6 Å². The number of ether oxygens (including phenoxy) is 1. The molecule has 2 aromatic carbocycles. The van der Waals surface area contributed by atoms with E-state index in [9.17, 15) is 9.59 Å². The molecule has 1 amide bonds. The van der Waals surface area contributed by atoms with E-state index in [1.165, 1.54) is 5.56 Å². The monoisotopic (exact) mass is 456 g/mol. The maximum atomic E-state index is 12.7. The van der Waals surface area contributed by atoms with E-state index in [-0.39, 0.29) is 12.5 Å². The predicted octanol–water partition coefficient (Wildman–Crippen LogP) is 5.72. The van der Waals surface area contributed by atoms with Crippen molar-refractivity contribution in [2.45, 2.75) is 11.5 Å². The van der Waals surface area contributed by atoms with Gasteiger partial charge in [0.15, 0.2) is 5.13 Å². The van der Waals surface area contributed by atoms with Crippen LogP contribution in [0.25, 0.3) is 11.3 Å². The number of anilines is 1. The first kappa shape index (κ1) is 21.0. The number of aromatic nitrogens is 1. The Morgan fingerprint density at radius 2 is 1.77 bits per heavy atom. The number of thioether (sulfide) groups is 2. The SMILES string of the molecule is CCOC(=O)c1sc(NC(=O)c2ccc(C3SCCS3)cc2)nc1-c1ccccc1. The Kier molecular flexibility index (Phi) is 6.76. The second kappa shape index (κ2) is 9.68. The minimum absolute atomic E-state index is 0.253. The van der Waals surface area contributed by atoms with Crippen molar-refractivity contribution in [3.8, 4) is 11.3 Å². The van der Waals surface area contributed by atoms with Gasteiger partial charge in [-0.05, 0) is 24.6 Å². The lowest BCUT2D eigenvalue weighted by atomic mass is 10.1. The van der Waals surface area contributed by atoms with Crippen LogP contribution in [0.3, 0.4) is 0 Å². The zero-order valence-corrected chi connectivity index (χ0v) is 18.7. The van der Waals surface area contributed by atoms with Crippen LogP contribution in [0.5, 0.6) is 0 Å². The highest BCUT2D eigenvalue weighted by molar-refractivity contribution is 8.19. The Bertz CT molecular complexity index is 1030. The molecule has 0 radical (unpaired) electrons. The summed E-state index contributed by atoms with van der Waals surface area (Å²) in [5, 5.41) is 3.19. The first-order valence-electron chi connectivity index (χ1n) is 9.53. The molecule has 1 fully saturated rings. The second-order valence-electron chi connectivity index (χ2n) is 6.43. The highest BCUT2D eigenvalue weighted by atomic mass is 32.2. The van der Waals surface area contributed by atoms with E-state index in [2.05, 4.69) is 10.3 Å². The Labute approximate surface area is 187 Å². The van der Waals surface area contributed by atoms with Crippen molar-refractivity contribution >= 4 is 51.9 Å². The molecule has 0 saturated carbocycles. The van der Waals surface area contributed by atoms with Gasteiger partial charge in [-0.3, -0.25) is 10.1 Å². The molecule has 0 bridgehead atoms. The summed E-state index contributed by atoms with van der Waals surface area (Å²) >= 11 is 4.99. The molecule has 0 atom stereocenters. The summed E-state index contributed by atoms with van der Waals surface area (Å²) in [6, 6.07) is 17.1. The lowest BCUT2D eigenvalue weighted by molar-refractivity contribution is 0.0532. The van der Waals surface area contributed by atoms with Crippen molar-refractivity contribution in [2.75, 3.05) is 23.4 Å². The van der Waals surface area contributed by atoms with E-state index < -0.39 is 5.97 Å². The molecule has 154 valence electrons. The number of carbonyl (C=O) groups is 2. The first-order valence-corrected chi connectivity index (χ1v) is 12.4. The van der Waals surface area contributed by atoms with Crippen molar-refractivity contribution < 1.29 is 14.3 Å². The van der Waals surface area contributed by atoms with Crippen molar-refractivity contribution in [3.05, 3.63) is 70.6 Å². The molecule has 4 rings (SSSR count). The van der Waals surface area contributed by atoms with Crippen LogP contribution in [0.4, 0.5) is 5.13 Å². The lowest BCUT2D eigenvalue weighted by Crippen LogP contribution is -2.11. The summed E-state index contributed by atoms with van der Waals surface area (Å²) in [4.78, 5) is 30.0. The van der Waals surface area contributed by atoms with E-state index in [0.717, 1.165) is 28.4 Å². The topological polar surface area (TPSA) is 68.3 Å². The smallest absolute Gasteiger partial charge is 0.350 e. The molecule has 5 nitrogen and oxygen atoms in total. The van der Waals surface area contributed by atoms with Crippen molar-refractivity contribution in [3.63, 3.8) is 0 Å². The van der Waals surface area contributed by atoms with Gasteiger partial charge in [-0.1, -0.05) is 53.8 Å². The minimum atomic E-state index is -0.440. The zero-order chi connectivity index (χ0) is 20.9. The average molecular weight is 457 g/mol. The Hall–Kier alpha value is -2.29. The number of carbonyl (C=O) groups excluding carboxylic acids is 2. The van der Waals surface area contributed by atoms with Gasteiger partial charge in [0.05, 0.1) is 16.9 Å². The number of rotatable bonds is 6. The molecule has 30 heavy (non-hydrogen) atoms. The number of hydrogen-bond donors (Lipinski definition) is 1. The highest BCUT2D eigenvalue weighted by Crippen LogP contribution is 2.45. The predicted molar refractivity (Wildman–Crippen MR) is 126 cm³/mol. The molecule has 1 aromatic heterocycles.